The maximum Gasteiger partial charge on any atom is 0.232 e. The van der Waals surface area contributed by atoms with Crippen molar-refractivity contribution >= 4 is 5.96 Å². The smallest absolute Gasteiger partial charge is 0.232 e. The third-order valence-electron chi connectivity index (χ3n) is 3.91. The summed E-state index contributed by atoms with van der Waals surface area (Å²) in [4.78, 5) is 9.16. The predicted molar refractivity (Wildman–Crippen MR) is 116 cm³/mol. The van der Waals surface area contributed by atoms with E-state index in [0.29, 0.717) is 30.8 Å². The number of rotatable bonds is 6. The third-order valence-corrected chi connectivity index (χ3v) is 3.91. The summed E-state index contributed by atoms with van der Waals surface area (Å²) in [5.74, 6) is 2.79. The molecule has 0 aliphatic heterocycles. The highest BCUT2D eigenvalue weighted by Gasteiger charge is 2.21. The minimum Gasteiger partial charge on any atom is -0.488 e. The van der Waals surface area contributed by atoms with Gasteiger partial charge >= 0.3 is 0 Å². The van der Waals surface area contributed by atoms with Crippen LogP contribution in [-0.2, 0) is 18.5 Å². The molecule has 0 unspecified atom stereocenters. The van der Waals surface area contributed by atoms with Crippen molar-refractivity contribution in [2.75, 3.05) is 6.54 Å². The molecule has 29 heavy (non-hydrogen) atoms. The molecule has 2 aromatic rings. The average Bonchev–Trinajstić information content (AvgIpc) is 3.06. The van der Waals surface area contributed by atoms with E-state index in [1.807, 2.05) is 48.5 Å². The molecule has 1 heterocycles. The van der Waals surface area contributed by atoms with Crippen LogP contribution in [0.25, 0.3) is 0 Å². The number of benzene rings is 1. The largest absolute Gasteiger partial charge is 0.488 e. The molecule has 2 N–H and O–H groups in total. The summed E-state index contributed by atoms with van der Waals surface area (Å²) in [7, 11) is 0. The second kappa shape index (κ2) is 9.29. The first-order valence-corrected chi connectivity index (χ1v) is 10.1. The highest BCUT2D eigenvalue weighted by atomic mass is 16.5. The van der Waals surface area contributed by atoms with Crippen LogP contribution in [0.15, 0.2) is 27.7 Å². The average molecular weight is 402 g/mol. The van der Waals surface area contributed by atoms with Gasteiger partial charge in [-0.2, -0.15) is 4.98 Å². The summed E-state index contributed by atoms with van der Waals surface area (Å²) in [6.07, 6.45) is 0. The topological polar surface area (TPSA) is 84.6 Å². The lowest BCUT2D eigenvalue weighted by Crippen LogP contribution is -2.37. The first-order chi connectivity index (χ1) is 13.5. The molecule has 0 saturated carbocycles. The Morgan fingerprint density at radius 2 is 1.86 bits per heavy atom. The van der Waals surface area contributed by atoms with Gasteiger partial charge in [-0.05, 0) is 46.2 Å². The monoisotopic (exact) mass is 401 g/mol. The number of nitrogens with one attached hydrogen (secondary N) is 2. The summed E-state index contributed by atoms with van der Waals surface area (Å²) < 4.78 is 11.5. The number of ether oxygens (including phenoxy) is 1. The number of guanidine groups is 1. The van der Waals surface area contributed by atoms with Gasteiger partial charge in [0.25, 0.3) is 0 Å². The lowest BCUT2D eigenvalue weighted by molar-refractivity contribution is 0.129. The van der Waals surface area contributed by atoms with Gasteiger partial charge in [-0.25, -0.2) is 4.99 Å². The van der Waals surface area contributed by atoms with Crippen molar-refractivity contribution in [3.8, 4) is 5.75 Å². The van der Waals surface area contributed by atoms with Gasteiger partial charge in [-0.3, -0.25) is 0 Å². The molecule has 0 atom stereocenters. The molecule has 7 nitrogen and oxygen atoms in total. The molecular formula is C22H35N5O2. The third kappa shape index (κ3) is 7.40. The second-order valence-corrected chi connectivity index (χ2v) is 9.14. The number of aliphatic imine (C=N–C) groups is 1. The SMILES string of the molecule is CCNC(=NCc1ccc(C)cc1OC(C)(C)C)NCc1noc(C(C)(C)C)n1. The van der Waals surface area contributed by atoms with Gasteiger partial charge in [0.2, 0.25) is 5.89 Å². The number of aromatic nitrogens is 2. The number of nitrogens with zero attached hydrogens (tertiary/aromatic N) is 3. The van der Waals surface area contributed by atoms with Gasteiger partial charge in [-0.1, -0.05) is 38.1 Å². The minimum atomic E-state index is -0.265. The Kier molecular flexibility index (Phi) is 7.27. The Morgan fingerprint density at radius 1 is 1.14 bits per heavy atom. The Hall–Kier alpha value is -2.57. The molecule has 0 spiro atoms. The van der Waals surface area contributed by atoms with Crippen LogP contribution < -0.4 is 15.4 Å². The van der Waals surface area contributed by atoms with E-state index in [1.54, 1.807) is 0 Å². The molecular weight excluding hydrogens is 366 g/mol. The molecule has 0 aliphatic rings. The molecule has 0 amide bonds. The van der Waals surface area contributed by atoms with E-state index in [1.165, 1.54) is 0 Å². The van der Waals surface area contributed by atoms with Crippen LogP contribution in [0.3, 0.4) is 0 Å². The van der Waals surface area contributed by atoms with Crippen molar-refractivity contribution in [3.05, 3.63) is 41.0 Å². The van der Waals surface area contributed by atoms with Crippen molar-refractivity contribution in [2.45, 2.75) is 79.5 Å². The molecule has 0 saturated heterocycles. The van der Waals surface area contributed by atoms with Crippen LogP contribution in [0, 0.1) is 6.92 Å². The highest BCUT2D eigenvalue weighted by molar-refractivity contribution is 5.79. The summed E-state index contributed by atoms with van der Waals surface area (Å²) in [5, 5.41) is 10.6. The lowest BCUT2D eigenvalue weighted by Gasteiger charge is -2.23. The van der Waals surface area contributed by atoms with Gasteiger partial charge in [-0.15, -0.1) is 0 Å². The first kappa shape index (κ1) is 22.7. The number of hydrogen-bond donors (Lipinski definition) is 2. The molecule has 2 rings (SSSR count). The molecule has 0 fully saturated rings. The summed E-state index contributed by atoms with van der Waals surface area (Å²) in [6.45, 7) is 18.1. The Balaban J connectivity index is 2.10. The van der Waals surface area contributed by atoms with Crippen LogP contribution in [0.1, 0.15) is 71.3 Å². The molecule has 1 aromatic carbocycles. The molecule has 7 heteroatoms. The zero-order chi connectivity index (χ0) is 21.7. The Bertz CT molecular complexity index is 828. The Labute approximate surface area is 174 Å². The van der Waals surface area contributed by atoms with Gasteiger partial charge in [0.1, 0.15) is 11.4 Å². The lowest BCUT2D eigenvalue weighted by atomic mass is 9.97. The summed E-state index contributed by atoms with van der Waals surface area (Å²) >= 11 is 0. The fourth-order valence-electron chi connectivity index (χ4n) is 2.52. The molecule has 160 valence electrons. The highest BCUT2D eigenvalue weighted by Crippen LogP contribution is 2.25. The fourth-order valence-corrected chi connectivity index (χ4v) is 2.52. The maximum absolute atomic E-state index is 6.13. The van der Waals surface area contributed by atoms with Crippen LogP contribution in [0.5, 0.6) is 5.75 Å². The normalized spacial score (nSPS) is 12.8. The maximum atomic E-state index is 6.13. The van der Waals surface area contributed by atoms with Crippen molar-refractivity contribution in [2.24, 2.45) is 4.99 Å². The van der Waals surface area contributed by atoms with Crippen LogP contribution in [-0.4, -0.2) is 28.2 Å². The summed E-state index contributed by atoms with van der Waals surface area (Å²) in [6, 6.07) is 6.20. The molecule has 0 radical (unpaired) electrons. The van der Waals surface area contributed by atoms with E-state index >= 15 is 0 Å². The van der Waals surface area contributed by atoms with E-state index in [9.17, 15) is 0 Å². The van der Waals surface area contributed by atoms with Gasteiger partial charge in [0.15, 0.2) is 11.8 Å². The molecule has 0 aliphatic carbocycles. The van der Waals surface area contributed by atoms with Crippen molar-refractivity contribution in [1.29, 1.82) is 0 Å². The van der Waals surface area contributed by atoms with Gasteiger partial charge < -0.3 is 19.9 Å². The zero-order valence-corrected chi connectivity index (χ0v) is 19.0. The molecule has 1 aromatic heterocycles. The van der Waals surface area contributed by atoms with Crippen LogP contribution in [0.2, 0.25) is 0 Å². The Morgan fingerprint density at radius 3 is 2.45 bits per heavy atom. The van der Waals surface area contributed by atoms with Crippen molar-refractivity contribution in [3.63, 3.8) is 0 Å². The fraction of sp³-hybridized carbons (Fsp3) is 0.591. The van der Waals surface area contributed by atoms with E-state index in [-0.39, 0.29) is 11.0 Å². The van der Waals surface area contributed by atoms with Crippen LogP contribution in [0.4, 0.5) is 0 Å². The van der Waals surface area contributed by atoms with E-state index in [2.05, 4.69) is 45.9 Å². The second-order valence-electron chi connectivity index (χ2n) is 9.14. The standard InChI is InChI=1S/C22H35N5O2/c1-9-23-20(25-14-18-26-19(29-27-18)21(3,4)5)24-13-16-11-10-15(2)12-17(16)28-22(6,7)8/h10-12H,9,13-14H2,1-8H3,(H2,23,24,25). The quantitative estimate of drug-likeness (QED) is 0.560. The van der Waals surface area contributed by atoms with Gasteiger partial charge in [0.05, 0.1) is 13.1 Å². The van der Waals surface area contributed by atoms with E-state index < -0.39 is 0 Å². The van der Waals surface area contributed by atoms with Gasteiger partial charge in [0, 0.05) is 17.5 Å². The predicted octanol–water partition coefficient (Wildman–Crippen LogP) is 4.11. The number of aryl methyl sites for hydroxylation is 1. The zero-order valence-electron chi connectivity index (χ0n) is 19.0. The minimum absolute atomic E-state index is 0.168. The first-order valence-electron chi connectivity index (χ1n) is 10.1. The summed E-state index contributed by atoms with van der Waals surface area (Å²) in [5.41, 5.74) is 1.77. The van der Waals surface area contributed by atoms with E-state index in [0.717, 1.165) is 23.4 Å². The van der Waals surface area contributed by atoms with E-state index in [4.69, 9.17) is 14.3 Å². The molecule has 0 bridgehead atoms. The van der Waals surface area contributed by atoms with Crippen molar-refractivity contribution < 1.29 is 9.26 Å². The van der Waals surface area contributed by atoms with Crippen molar-refractivity contribution in [1.82, 2.24) is 20.8 Å². The van der Waals surface area contributed by atoms with Crippen LogP contribution >= 0.6 is 0 Å². The number of hydrogen-bond acceptors (Lipinski definition) is 5.